The first-order valence-corrected chi connectivity index (χ1v) is 11.7. The van der Waals surface area contributed by atoms with Gasteiger partial charge in [0.2, 0.25) is 5.88 Å². The summed E-state index contributed by atoms with van der Waals surface area (Å²) in [6.45, 7) is 3.05. The highest BCUT2D eigenvalue weighted by molar-refractivity contribution is 6.30. The fourth-order valence-electron chi connectivity index (χ4n) is 4.56. The summed E-state index contributed by atoms with van der Waals surface area (Å²) in [5, 5.41) is 0.783. The first kappa shape index (κ1) is 21.7. The molecular weight excluding hydrogens is 432 g/mol. The minimum absolute atomic E-state index is 0.657. The molecule has 0 saturated heterocycles. The number of halogens is 1. The van der Waals surface area contributed by atoms with Gasteiger partial charge < -0.3 is 9.47 Å². The van der Waals surface area contributed by atoms with Gasteiger partial charge in [-0.15, -0.1) is 0 Å². The van der Waals surface area contributed by atoms with Crippen LogP contribution in [-0.4, -0.2) is 36.6 Å². The molecule has 2 aliphatic rings. The minimum Gasteiger partial charge on any atom is -0.496 e. The third-order valence-corrected chi connectivity index (χ3v) is 6.60. The molecule has 0 unspecified atom stereocenters. The van der Waals surface area contributed by atoms with Crippen LogP contribution in [0.3, 0.4) is 0 Å². The number of fused-ring (bicyclic) bond motifs is 2. The molecular formula is C28H27ClN2O2. The molecule has 0 atom stereocenters. The Kier molecular flexibility index (Phi) is 6.47. The predicted octanol–water partition coefficient (Wildman–Crippen LogP) is 6.65. The Bertz CT molecular complexity index is 1200. The summed E-state index contributed by atoms with van der Waals surface area (Å²) >= 11 is 6.03. The van der Waals surface area contributed by atoms with Gasteiger partial charge >= 0.3 is 0 Å². The Morgan fingerprint density at radius 3 is 2.79 bits per heavy atom. The van der Waals surface area contributed by atoms with Crippen LogP contribution < -0.4 is 9.47 Å². The molecule has 3 heterocycles. The van der Waals surface area contributed by atoms with E-state index in [-0.39, 0.29) is 0 Å². The maximum atomic E-state index is 6.17. The third kappa shape index (κ3) is 4.82. The lowest BCUT2D eigenvalue weighted by atomic mass is 9.97. The molecule has 5 rings (SSSR count). The predicted molar refractivity (Wildman–Crippen MR) is 134 cm³/mol. The van der Waals surface area contributed by atoms with Crippen LogP contribution in [0.15, 0.2) is 72.9 Å². The van der Waals surface area contributed by atoms with Gasteiger partial charge in [-0.2, -0.15) is 0 Å². The zero-order chi connectivity index (χ0) is 22.6. The van der Waals surface area contributed by atoms with E-state index in [2.05, 4.69) is 40.2 Å². The fourth-order valence-corrected chi connectivity index (χ4v) is 4.68. The second kappa shape index (κ2) is 9.82. The summed E-state index contributed by atoms with van der Waals surface area (Å²) in [6.07, 6.45) is 9.25. The van der Waals surface area contributed by atoms with Crippen molar-refractivity contribution in [3.05, 3.63) is 94.7 Å². The van der Waals surface area contributed by atoms with Crippen LogP contribution in [0.5, 0.6) is 17.4 Å². The summed E-state index contributed by atoms with van der Waals surface area (Å²) in [7, 11) is 1.71. The molecule has 2 aromatic carbocycles. The van der Waals surface area contributed by atoms with E-state index in [9.17, 15) is 0 Å². The maximum Gasteiger partial charge on any atom is 0.226 e. The summed E-state index contributed by atoms with van der Waals surface area (Å²) in [6, 6.07) is 18.1. The van der Waals surface area contributed by atoms with Gasteiger partial charge in [0.05, 0.1) is 7.11 Å². The van der Waals surface area contributed by atoms with E-state index in [1.54, 1.807) is 13.3 Å². The van der Waals surface area contributed by atoms with Crippen LogP contribution in [0, 0.1) is 0 Å². The zero-order valence-electron chi connectivity index (χ0n) is 18.8. The number of aromatic nitrogens is 1. The third-order valence-electron chi connectivity index (χ3n) is 6.35. The van der Waals surface area contributed by atoms with Crippen LogP contribution >= 0.6 is 11.6 Å². The molecule has 0 spiro atoms. The average Bonchev–Trinajstić information content (AvgIpc) is 3.01. The SMILES string of the molecule is COc1cccc2c1CC(=CCCN1CC=C(c3ccc(Cl)cc3)CC1)c1cccnc1O2. The van der Waals surface area contributed by atoms with Crippen LogP contribution in [-0.2, 0) is 6.42 Å². The van der Waals surface area contributed by atoms with Crippen molar-refractivity contribution < 1.29 is 9.47 Å². The molecule has 0 bridgehead atoms. The van der Waals surface area contributed by atoms with Crippen molar-refractivity contribution in [2.75, 3.05) is 26.7 Å². The number of nitrogens with zero attached hydrogens (tertiary/aromatic N) is 2. The van der Waals surface area contributed by atoms with Gasteiger partial charge in [0.25, 0.3) is 0 Å². The van der Waals surface area contributed by atoms with Gasteiger partial charge in [-0.25, -0.2) is 4.98 Å². The molecule has 33 heavy (non-hydrogen) atoms. The second-order valence-electron chi connectivity index (χ2n) is 8.38. The maximum absolute atomic E-state index is 6.17. The summed E-state index contributed by atoms with van der Waals surface area (Å²) < 4.78 is 11.8. The summed E-state index contributed by atoms with van der Waals surface area (Å²) in [5.41, 5.74) is 6.04. The van der Waals surface area contributed by atoms with Gasteiger partial charge in [-0.05, 0) is 65.9 Å². The van der Waals surface area contributed by atoms with Gasteiger partial charge in [0.1, 0.15) is 11.5 Å². The van der Waals surface area contributed by atoms with Crippen molar-refractivity contribution >= 4 is 22.7 Å². The average molecular weight is 459 g/mol. The first-order valence-electron chi connectivity index (χ1n) is 11.4. The van der Waals surface area contributed by atoms with Crippen molar-refractivity contribution in [1.29, 1.82) is 0 Å². The smallest absolute Gasteiger partial charge is 0.226 e. The molecule has 0 saturated carbocycles. The molecule has 1 aromatic heterocycles. The number of pyridine rings is 1. The first-order chi connectivity index (χ1) is 16.2. The van der Waals surface area contributed by atoms with Gasteiger partial charge in [0, 0.05) is 48.4 Å². The van der Waals surface area contributed by atoms with Crippen molar-refractivity contribution in [1.82, 2.24) is 9.88 Å². The standard InChI is InChI=1S/C28H27ClN2O2/c1-32-26-7-2-8-27-25(26)19-22(24-6-3-15-30-28(24)33-27)5-4-16-31-17-13-21(14-18-31)20-9-11-23(29)12-10-20/h2-3,5-13,15H,4,14,16-19H2,1H3. The van der Waals surface area contributed by atoms with Crippen molar-refractivity contribution in [2.24, 2.45) is 0 Å². The molecule has 0 aliphatic carbocycles. The summed E-state index contributed by atoms with van der Waals surface area (Å²) in [5.74, 6) is 2.32. The molecule has 168 valence electrons. The number of rotatable bonds is 5. The van der Waals surface area contributed by atoms with E-state index in [1.807, 2.05) is 36.4 Å². The Hall–Kier alpha value is -3.08. The normalized spacial score (nSPS) is 16.9. The van der Waals surface area contributed by atoms with Crippen LogP contribution in [0.4, 0.5) is 0 Å². The number of ether oxygens (including phenoxy) is 2. The van der Waals surface area contributed by atoms with E-state index in [0.29, 0.717) is 5.88 Å². The topological polar surface area (TPSA) is 34.6 Å². The Morgan fingerprint density at radius 2 is 2.00 bits per heavy atom. The second-order valence-corrected chi connectivity index (χ2v) is 8.81. The van der Waals surface area contributed by atoms with Crippen LogP contribution in [0.1, 0.15) is 29.5 Å². The van der Waals surface area contributed by atoms with E-state index < -0.39 is 0 Å². The lowest BCUT2D eigenvalue weighted by molar-refractivity contribution is 0.308. The van der Waals surface area contributed by atoms with E-state index in [1.165, 1.54) is 16.7 Å². The van der Waals surface area contributed by atoms with E-state index in [4.69, 9.17) is 21.1 Å². The number of methoxy groups -OCH3 is 1. The Labute approximate surface area is 200 Å². The zero-order valence-corrected chi connectivity index (χ0v) is 19.5. The molecule has 5 heteroatoms. The highest BCUT2D eigenvalue weighted by Crippen LogP contribution is 2.41. The molecule has 0 N–H and O–H groups in total. The molecule has 0 radical (unpaired) electrons. The lowest BCUT2D eigenvalue weighted by Crippen LogP contribution is -2.29. The molecule has 2 aliphatic heterocycles. The van der Waals surface area contributed by atoms with E-state index in [0.717, 1.165) is 66.5 Å². The van der Waals surface area contributed by atoms with Crippen molar-refractivity contribution in [3.63, 3.8) is 0 Å². The Morgan fingerprint density at radius 1 is 1.12 bits per heavy atom. The van der Waals surface area contributed by atoms with Gasteiger partial charge in [-0.3, -0.25) is 4.90 Å². The largest absolute Gasteiger partial charge is 0.496 e. The number of allylic oxidation sites excluding steroid dienone is 1. The van der Waals surface area contributed by atoms with Crippen LogP contribution in [0.25, 0.3) is 11.1 Å². The monoisotopic (exact) mass is 458 g/mol. The molecule has 0 fully saturated rings. The highest BCUT2D eigenvalue weighted by Gasteiger charge is 2.22. The molecule has 0 amide bonds. The molecule has 3 aromatic rings. The molecule has 4 nitrogen and oxygen atoms in total. The quantitative estimate of drug-likeness (QED) is 0.428. The van der Waals surface area contributed by atoms with Gasteiger partial charge in [-0.1, -0.05) is 42.0 Å². The highest BCUT2D eigenvalue weighted by atomic mass is 35.5. The number of hydrogen-bond donors (Lipinski definition) is 0. The summed E-state index contributed by atoms with van der Waals surface area (Å²) in [4.78, 5) is 7.00. The minimum atomic E-state index is 0.657. The van der Waals surface area contributed by atoms with E-state index >= 15 is 0 Å². The van der Waals surface area contributed by atoms with Crippen molar-refractivity contribution in [3.8, 4) is 17.4 Å². The Balaban J connectivity index is 1.30. The number of benzene rings is 2. The lowest BCUT2D eigenvalue weighted by Gasteiger charge is -2.26. The van der Waals surface area contributed by atoms with Crippen LogP contribution in [0.2, 0.25) is 5.02 Å². The number of hydrogen-bond acceptors (Lipinski definition) is 4. The van der Waals surface area contributed by atoms with Gasteiger partial charge in [0.15, 0.2) is 0 Å². The van der Waals surface area contributed by atoms with Crippen molar-refractivity contribution in [2.45, 2.75) is 19.3 Å². The fraction of sp³-hybridized carbons (Fsp3) is 0.250.